The van der Waals surface area contributed by atoms with E-state index in [2.05, 4.69) is 36.3 Å². The predicted molar refractivity (Wildman–Crippen MR) is 134 cm³/mol. The molecule has 0 saturated carbocycles. The Kier molecular flexibility index (Phi) is 6.91. The van der Waals surface area contributed by atoms with Crippen molar-refractivity contribution in [1.29, 1.82) is 0 Å². The molecule has 1 unspecified atom stereocenters. The average Bonchev–Trinajstić information content (AvgIpc) is 3.24. The molecule has 170 valence electrons. The van der Waals surface area contributed by atoms with Crippen LogP contribution in [0.15, 0.2) is 59.0 Å². The number of aromatic nitrogens is 1. The highest BCUT2D eigenvalue weighted by Crippen LogP contribution is 2.32. The third-order valence-corrected chi connectivity index (χ3v) is 6.17. The number of rotatable bonds is 7. The van der Waals surface area contributed by atoms with E-state index in [1.54, 1.807) is 30.3 Å². The highest BCUT2D eigenvalue weighted by Gasteiger charge is 2.15. The second-order valence-electron chi connectivity index (χ2n) is 7.78. The van der Waals surface area contributed by atoms with Gasteiger partial charge in [0.1, 0.15) is 11.3 Å². The quantitative estimate of drug-likeness (QED) is 0.290. The molecule has 0 aliphatic rings. The van der Waals surface area contributed by atoms with Crippen molar-refractivity contribution in [3.05, 3.63) is 75.8 Å². The van der Waals surface area contributed by atoms with E-state index in [0.717, 1.165) is 11.9 Å². The summed E-state index contributed by atoms with van der Waals surface area (Å²) in [6, 6.07) is 16.2. The van der Waals surface area contributed by atoms with Gasteiger partial charge in [0.05, 0.1) is 22.3 Å². The van der Waals surface area contributed by atoms with Crippen molar-refractivity contribution in [2.24, 2.45) is 0 Å². The van der Waals surface area contributed by atoms with E-state index in [-0.39, 0.29) is 5.91 Å². The molecule has 5 nitrogen and oxygen atoms in total. The van der Waals surface area contributed by atoms with Gasteiger partial charge in [0.2, 0.25) is 5.89 Å². The molecule has 4 rings (SSSR count). The molecule has 4 aromatic rings. The minimum absolute atomic E-state index is 0.338. The Morgan fingerprint density at radius 1 is 1.06 bits per heavy atom. The zero-order valence-corrected chi connectivity index (χ0v) is 20.1. The van der Waals surface area contributed by atoms with Gasteiger partial charge in [-0.05, 0) is 73.4 Å². The van der Waals surface area contributed by atoms with E-state index in [1.807, 2.05) is 19.1 Å². The standard InChI is InChI=1S/C26H24Cl2N2O3/c1-4-15(3)16-7-11-24-22(13-16)30-26(33-24)18-6-9-19(27)21(14-18)29-25(31)17-8-10-23(32-5-2)20(28)12-17/h6-15H,4-5H2,1-3H3,(H,29,31). The SMILES string of the molecule is CCOc1ccc(C(=O)Nc2cc(-c3nc4cc(C(C)CC)ccc4o3)ccc2Cl)cc1Cl. The summed E-state index contributed by atoms with van der Waals surface area (Å²) >= 11 is 12.6. The number of carbonyl (C=O) groups is 1. The van der Waals surface area contributed by atoms with Gasteiger partial charge in [0.15, 0.2) is 5.58 Å². The molecule has 3 aromatic carbocycles. The number of carbonyl (C=O) groups excluding carboxylic acids is 1. The van der Waals surface area contributed by atoms with Gasteiger partial charge in [-0.15, -0.1) is 0 Å². The van der Waals surface area contributed by atoms with Gasteiger partial charge < -0.3 is 14.5 Å². The molecule has 1 N–H and O–H groups in total. The van der Waals surface area contributed by atoms with E-state index < -0.39 is 0 Å². The number of anilines is 1. The van der Waals surface area contributed by atoms with Gasteiger partial charge in [-0.1, -0.05) is 43.1 Å². The molecule has 1 amide bonds. The summed E-state index contributed by atoms with van der Waals surface area (Å²) in [7, 11) is 0. The normalized spacial score (nSPS) is 12.0. The first-order valence-corrected chi connectivity index (χ1v) is 11.6. The van der Waals surface area contributed by atoms with Crippen LogP contribution in [-0.2, 0) is 0 Å². The molecule has 7 heteroatoms. The summed E-state index contributed by atoms with van der Waals surface area (Å²) in [5.41, 5.74) is 4.29. The van der Waals surface area contributed by atoms with E-state index in [1.165, 1.54) is 5.56 Å². The minimum Gasteiger partial charge on any atom is -0.492 e. The molecule has 0 aliphatic carbocycles. The number of hydrogen-bond donors (Lipinski definition) is 1. The predicted octanol–water partition coefficient (Wildman–Crippen LogP) is 7.97. The van der Waals surface area contributed by atoms with Crippen LogP contribution >= 0.6 is 23.2 Å². The van der Waals surface area contributed by atoms with Crippen molar-refractivity contribution in [3.8, 4) is 17.2 Å². The zero-order valence-electron chi connectivity index (χ0n) is 18.6. The smallest absolute Gasteiger partial charge is 0.255 e. The van der Waals surface area contributed by atoms with Crippen LogP contribution in [0.1, 0.15) is 49.0 Å². The fraction of sp³-hybridized carbons (Fsp3) is 0.231. The lowest BCUT2D eigenvalue weighted by Gasteiger charge is -2.10. The average molecular weight is 483 g/mol. The zero-order chi connectivity index (χ0) is 23.5. The van der Waals surface area contributed by atoms with Crippen molar-refractivity contribution >= 4 is 45.9 Å². The van der Waals surface area contributed by atoms with E-state index in [0.29, 0.717) is 56.6 Å². The maximum absolute atomic E-state index is 12.8. The highest BCUT2D eigenvalue weighted by atomic mass is 35.5. The lowest BCUT2D eigenvalue weighted by atomic mass is 9.98. The van der Waals surface area contributed by atoms with Crippen LogP contribution in [0.2, 0.25) is 10.0 Å². The number of oxazole rings is 1. The number of amides is 1. The monoisotopic (exact) mass is 482 g/mol. The maximum atomic E-state index is 12.8. The van der Waals surface area contributed by atoms with Crippen LogP contribution < -0.4 is 10.1 Å². The molecule has 0 saturated heterocycles. The van der Waals surface area contributed by atoms with Crippen LogP contribution in [0.4, 0.5) is 5.69 Å². The van der Waals surface area contributed by atoms with Crippen molar-refractivity contribution < 1.29 is 13.9 Å². The summed E-state index contributed by atoms with van der Waals surface area (Å²) in [6.07, 6.45) is 1.05. The Labute approximate surface area is 202 Å². The van der Waals surface area contributed by atoms with Crippen molar-refractivity contribution in [2.75, 3.05) is 11.9 Å². The van der Waals surface area contributed by atoms with Crippen molar-refractivity contribution in [1.82, 2.24) is 4.98 Å². The number of hydrogen-bond acceptors (Lipinski definition) is 4. The number of halogens is 2. The van der Waals surface area contributed by atoms with Gasteiger partial charge in [-0.25, -0.2) is 4.98 Å². The largest absolute Gasteiger partial charge is 0.492 e. The van der Waals surface area contributed by atoms with Gasteiger partial charge in [0, 0.05) is 11.1 Å². The molecule has 1 aromatic heterocycles. The van der Waals surface area contributed by atoms with Crippen LogP contribution in [0, 0.1) is 0 Å². The van der Waals surface area contributed by atoms with Gasteiger partial charge in [-0.3, -0.25) is 4.79 Å². The fourth-order valence-electron chi connectivity index (χ4n) is 3.47. The summed E-state index contributed by atoms with van der Waals surface area (Å²) in [4.78, 5) is 17.5. The maximum Gasteiger partial charge on any atom is 0.255 e. The van der Waals surface area contributed by atoms with Crippen LogP contribution in [0.3, 0.4) is 0 Å². The van der Waals surface area contributed by atoms with E-state index in [4.69, 9.17) is 32.4 Å². The number of nitrogens with one attached hydrogen (secondary N) is 1. The fourth-order valence-corrected chi connectivity index (χ4v) is 3.87. The molecule has 0 radical (unpaired) electrons. The Hall–Kier alpha value is -3.02. The first-order chi connectivity index (χ1) is 15.9. The molecule has 0 fully saturated rings. The molecule has 0 bridgehead atoms. The van der Waals surface area contributed by atoms with Crippen LogP contribution in [0.25, 0.3) is 22.6 Å². The lowest BCUT2D eigenvalue weighted by Crippen LogP contribution is -2.12. The van der Waals surface area contributed by atoms with E-state index in [9.17, 15) is 4.79 Å². The number of benzene rings is 3. The summed E-state index contributed by atoms with van der Waals surface area (Å²) in [5, 5.41) is 3.61. The van der Waals surface area contributed by atoms with Gasteiger partial charge in [-0.2, -0.15) is 0 Å². The Morgan fingerprint density at radius 3 is 2.61 bits per heavy atom. The first kappa shape index (κ1) is 23.1. The second kappa shape index (κ2) is 9.86. The Balaban J connectivity index is 1.60. The molecule has 1 atom stereocenters. The molecule has 0 aliphatic heterocycles. The molecule has 0 spiro atoms. The highest BCUT2D eigenvalue weighted by molar-refractivity contribution is 6.34. The number of nitrogens with zero attached hydrogens (tertiary/aromatic N) is 1. The van der Waals surface area contributed by atoms with Crippen molar-refractivity contribution in [2.45, 2.75) is 33.1 Å². The van der Waals surface area contributed by atoms with Gasteiger partial charge >= 0.3 is 0 Å². The molecular weight excluding hydrogens is 459 g/mol. The first-order valence-electron chi connectivity index (χ1n) is 10.8. The minimum atomic E-state index is -0.338. The Bertz CT molecular complexity index is 1320. The second-order valence-corrected chi connectivity index (χ2v) is 8.60. The summed E-state index contributed by atoms with van der Waals surface area (Å²) in [5.74, 6) is 1.10. The lowest BCUT2D eigenvalue weighted by molar-refractivity contribution is 0.102. The number of ether oxygens (including phenoxy) is 1. The summed E-state index contributed by atoms with van der Waals surface area (Å²) < 4.78 is 11.4. The summed E-state index contributed by atoms with van der Waals surface area (Å²) in [6.45, 7) is 6.71. The van der Waals surface area contributed by atoms with Gasteiger partial charge in [0.25, 0.3) is 5.91 Å². The van der Waals surface area contributed by atoms with Crippen LogP contribution in [-0.4, -0.2) is 17.5 Å². The molecular formula is C26H24Cl2N2O3. The van der Waals surface area contributed by atoms with Crippen molar-refractivity contribution in [3.63, 3.8) is 0 Å². The molecule has 33 heavy (non-hydrogen) atoms. The third-order valence-electron chi connectivity index (χ3n) is 5.55. The Morgan fingerprint density at radius 2 is 1.88 bits per heavy atom. The topological polar surface area (TPSA) is 64.4 Å². The van der Waals surface area contributed by atoms with Crippen LogP contribution in [0.5, 0.6) is 5.75 Å². The number of fused-ring (bicyclic) bond motifs is 1. The molecule has 1 heterocycles. The third kappa shape index (κ3) is 5.00. The van der Waals surface area contributed by atoms with E-state index >= 15 is 0 Å².